The Bertz CT molecular complexity index is 438. The fourth-order valence-corrected chi connectivity index (χ4v) is 2.34. The Morgan fingerprint density at radius 2 is 2.05 bits per heavy atom. The highest BCUT2D eigenvalue weighted by Gasteiger charge is 2.13. The summed E-state index contributed by atoms with van der Waals surface area (Å²) < 4.78 is 1.85. The van der Waals surface area contributed by atoms with Crippen molar-refractivity contribution in [1.29, 1.82) is 0 Å². The van der Waals surface area contributed by atoms with Gasteiger partial charge in [-0.1, -0.05) is 0 Å². The zero-order valence-electron chi connectivity index (χ0n) is 12.5. The average Bonchev–Trinajstić information content (AvgIpc) is 2.49. The molecule has 0 saturated carbocycles. The first kappa shape index (κ1) is 15.7. The third kappa shape index (κ3) is 4.67. The lowest BCUT2D eigenvalue weighted by Gasteiger charge is -2.15. The third-order valence-corrected chi connectivity index (χ3v) is 3.36. The highest BCUT2D eigenvalue weighted by Crippen LogP contribution is 2.14. The molecule has 2 atom stereocenters. The number of carbonyl (C=O) groups is 1. The molecule has 1 heterocycles. The lowest BCUT2D eigenvalue weighted by atomic mass is 10.1. The van der Waals surface area contributed by atoms with Crippen LogP contribution in [0.5, 0.6) is 0 Å². The molecule has 1 aromatic rings. The molecule has 0 aromatic carbocycles. The lowest BCUT2D eigenvalue weighted by Crippen LogP contribution is -2.34. The van der Waals surface area contributed by atoms with Crippen LogP contribution in [-0.4, -0.2) is 32.9 Å². The van der Waals surface area contributed by atoms with Crippen LogP contribution in [0.3, 0.4) is 0 Å². The van der Waals surface area contributed by atoms with Crippen LogP contribution in [0.25, 0.3) is 0 Å². The molecule has 1 amide bonds. The minimum atomic E-state index is -0.391. The van der Waals surface area contributed by atoms with Gasteiger partial charge in [0, 0.05) is 25.2 Å². The second kappa shape index (κ2) is 6.70. The Hall–Kier alpha value is -1.36. The van der Waals surface area contributed by atoms with Gasteiger partial charge in [-0.15, -0.1) is 0 Å². The first-order valence-corrected chi connectivity index (χ1v) is 6.77. The largest absolute Gasteiger partial charge is 0.393 e. The Labute approximate surface area is 115 Å². The summed E-state index contributed by atoms with van der Waals surface area (Å²) in [6.45, 7) is 7.62. The summed E-state index contributed by atoms with van der Waals surface area (Å²) in [6, 6.07) is 0.00333. The van der Waals surface area contributed by atoms with Gasteiger partial charge in [0.15, 0.2) is 0 Å². The number of nitrogens with one attached hydrogen (secondary N) is 1. The number of nitrogens with zero attached hydrogens (tertiary/aromatic N) is 2. The average molecular weight is 267 g/mol. The van der Waals surface area contributed by atoms with Gasteiger partial charge in [-0.2, -0.15) is 5.10 Å². The van der Waals surface area contributed by atoms with Crippen LogP contribution >= 0.6 is 0 Å². The van der Waals surface area contributed by atoms with Crippen molar-refractivity contribution in [3.63, 3.8) is 0 Å². The van der Waals surface area contributed by atoms with Crippen molar-refractivity contribution >= 4 is 5.91 Å². The standard InChI is InChI=1S/C14H25N3O2/c1-9(8-10(2)18)15-14(19)7-6-13-11(3)16-17(5)12(13)4/h9-10,18H,6-8H2,1-5H3,(H,15,19). The maximum atomic E-state index is 11.8. The van der Waals surface area contributed by atoms with Gasteiger partial charge in [0.2, 0.25) is 5.91 Å². The summed E-state index contributed by atoms with van der Waals surface area (Å²) in [5.41, 5.74) is 3.26. The van der Waals surface area contributed by atoms with Crippen molar-refractivity contribution in [3.05, 3.63) is 17.0 Å². The molecular formula is C14H25N3O2. The second-order valence-electron chi connectivity index (χ2n) is 5.33. The number of aryl methyl sites for hydroxylation is 2. The molecule has 0 aliphatic carbocycles. The number of amides is 1. The minimum Gasteiger partial charge on any atom is -0.393 e. The van der Waals surface area contributed by atoms with E-state index in [1.165, 1.54) is 0 Å². The first-order chi connectivity index (χ1) is 8.81. The molecule has 0 aliphatic heterocycles. The number of aliphatic hydroxyl groups is 1. The van der Waals surface area contributed by atoms with E-state index in [0.29, 0.717) is 19.3 Å². The number of rotatable bonds is 6. The zero-order chi connectivity index (χ0) is 14.6. The highest BCUT2D eigenvalue weighted by atomic mass is 16.3. The highest BCUT2D eigenvalue weighted by molar-refractivity contribution is 5.76. The van der Waals surface area contributed by atoms with E-state index in [0.717, 1.165) is 17.0 Å². The predicted octanol–water partition coefficient (Wildman–Crippen LogP) is 1.25. The molecule has 2 N–H and O–H groups in total. The van der Waals surface area contributed by atoms with Crippen LogP contribution in [0, 0.1) is 13.8 Å². The van der Waals surface area contributed by atoms with Gasteiger partial charge in [0.05, 0.1) is 11.8 Å². The molecular weight excluding hydrogens is 242 g/mol. The van der Waals surface area contributed by atoms with Crippen molar-refractivity contribution in [3.8, 4) is 0 Å². The minimum absolute atomic E-state index is 0.00333. The summed E-state index contributed by atoms with van der Waals surface area (Å²) in [5, 5.41) is 16.5. The molecule has 1 aromatic heterocycles. The Morgan fingerprint density at radius 1 is 1.42 bits per heavy atom. The number of carbonyl (C=O) groups excluding carboxylic acids is 1. The van der Waals surface area contributed by atoms with E-state index in [2.05, 4.69) is 10.4 Å². The third-order valence-electron chi connectivity index (χ3n) is 3.36. The summed E-state index contributed by atoms with van der Waals surface area (Å²) in [7, 11) is 1.91. The molecule has 0 bridgehead atoms. The van der Waals surface area contributed by atoms with E-state index in [9.17, 15) is 9.90 Å². The van der Waals surface area contributed by atoms with E-state index in [1.807, 2.05) is 32.5 Å². The lowest BCUT2D eigenvalue weighted by molar-refractivity contribution is -0.121. The van der Waals surface area contributed by atoms with Crippen molar-refractivity contribution < 1.29 is 9.90 Å². The Balaban J connectivity index is 2.46. The number of hydrogen-bond donors (Lipinski definition) is 2. The predicted molar refractivity (Wildman–Crippen MR) is 74.9 cm³/mol. The van der Waals surface area contributed by atoms with Crippen LogP contribution < -0.4 is 5.32 Å². The molecule has 0 fully saturated rings. The normalized spacial score (nSPS) is 14.2. The second-order valence-corrected chi connectivity index (χ2v) is 5.33. The molecule has 0 saturated heterocycles. The fraction of sp³-hybridized carbons (Fsp3) is 0.714. The van der Waals surface area contributed by atoms with Gasteiger partial charge < -0.3 is 10.4 Å². The topological polar surface area (TPSA) is 67.2 Å². The van der Waals surface area contributed by atoms with Crippen LogP contribution in [0.15, 0.2) is 0 Å². The van der Waals surface area contributed by atoms with Crippen molar-refractivity contribution in [1.82, 2.24) is 15.1 Å². The smallest absolute Gasteiger partial charge is 0.220 e. The van der Waals surface area contributed by atoms with Crippen molar-refractivity contribution in [2.75, 3.05) is 0 Å². The summed E-state index contributed by atoms with van der Waals surface area (Å²) >= 11 is 0. The van der Waals surface area contributed by atoms with Crippen molar-refractivity contribution in [2.45, 2.75) is 59.1 Å². The van der Waals surface area contributed by atoms with Crippen molar-refractivity contribution in [2.24, 2.45) is 7.05 Å². The summed E-state index contributed by atoms with van der Waals surface area (Å²) in [4.78, 5) is 11.8. The molecule has 2 unspecified atom stereocenters. The molecule has 108 valence electrons. The van der Waals surface area contributed by atoms with E-state index in [4.69, 9.17) is 0 Å². The summed E-state index contributed by atoms with van der Waals surface area (Å²) in [6.07, 6.45) is 1.35. The first-order valence-electron chi connectivity index (χ1n) is 6.77. The Kier molecular flexibility index (Phi) is 5.54. The fourth-order valence-electron chi connectivity index (χ4n) is 2.34. The zero-order valence-corrected chi connectivity index (χ0v) is 12.5. The van der Waals surface area contributed by atoms with Gasteiger partial charge >= 0.3 is 0 Å². The molecule has 5 heteroatoms. The van der Waals surface area contributed by atoms with Gasteiger partial charge in [-0.25, -0.2) is 0 Å². The maximum Gasteiger partial charge on any atom is 0.220 e. The van der Waals surface area contributed by atoms with Crippen LogP contribution in [0.2, 0.25) is 0 Å². The van der Waals surface area contributed by atoms with Crippen LogP contribution in [-0.2, 0) is 18.3 Å². The molecule has 0 spiro atoms. The Morgan fingerprint density at radius 3 is 2.53 bits per heavy atom. The quantitative estimate of drug-likeness (QED) is 0.815. The van der Waals surface area contributed by atoms with Gasteiger partial charge in [-0.3, -0.25) is 9.48 Å². The number of aliphatic hydroxyl groups excluding tert-OH is 1. The van der Waals surface area contributed by atoms with E-state index < -0.39 is 6.10 Å². The van der Waals surface area contributed by atoms with E-state index in [-0.39, 0.29) is 11.9 Å². The molecule has 19 heavy (non-hydrogen) atoms. The molecule has 0 aliphatic rings. The monoisotopic (exact) mass is 267 g/mol. The van der Waals surface area contributed by atoms with Gasteiger partial charge in [0.25, 0.3) is 0 Å². The van der Waals surface area contributed by atoms with E-state index >= 15 is 0 Å². The SMILES string of the molecule is Cc1nn(C)c(C)c1CCC(=O)NC(C)CC(C)O. The number of hydrogen-bond acceptors (Lipinski definition) is 3. The molecule has 0 radical (unpaired) electrons. The maximum absolute atomic E-state index is 11.8. The molecule has 1 rings (SSSR count). The summed E-state index contributed by atoms with van der Waals surface area (Å²) in [5.74, 6) is 0.0239. The molecule has 5 nitrogen and oxygen atoms in total. The number of aromatic nitrogens is 2. The van der Waals surface area contributed by atoms with E-state index in [1.54, 1.807) is 6.92 Å². The van der Waals surface area contributed by atoms with Gasteiger partial charge in [0.1, 0.15) is 0 Å². The van der Waals surface area contributed by atoms with Crippen LogP contribution in [0.1, 0.15) is 43.6 Å². The van der Waals surface area contributed by atoms with Gasteiger partial charge in [-0.05, 0) is 46.1 Å². The van der Waals surface area contributed by atoms with Crippen LogP contribution in [0.4, 0.5) is 0 Å².